The molecular weight excluding hydrogens is 325 g/mol. The lowest BCUT2D eigenvalue weighted by atomic mass is 10.5. The van der Waals surface area contributed by atoms with Crippen molar-refractivity contribution in [2.75, 3.05) is 24.2 Å². The van der Waals surface area contributed by atoms with E-state index in [4.69, 9.17) is 0 Å². The van der Waals surface area contributed by atoms with Crippen molar-refractivity contribution in [2.24, 2.45) is 0 Å². The molecule has 12 heteroatoms. The number of halogens is 3. The van der Waals surface area contributed by atoms with Crippen LogP contribution in [0.4, 0.5) is 19.0 Å². The van der Waals surface area contributed by atoms with Crippen molar-refractivity contribution in [3.05, 3.63) is 18.0 Å². The van der Waals surface area contributed by atoms with E-state index in [2.05, 4.69) is 25.3 Å². The van der Waals surface area contributed by atoms with Gasteiger partial charge < -0.3 is 5.32 Å². The number of alkyl halides is 3. The second-order valence-corrected chi connectivity index (χ2v) is 6.33. The smallest absolute Gasteiger partial charge is 0.367 e. The summed E-state index contributed by atoms with van der Waals surface area (Å²) < 4.78 is 63.4. The summed E-state index contributed by atoms with van der Waals surface area (Å²) >= 11 is 0. The molecule has 0 bridgehead atoms. The minimum atomic E-state index is -4.66. The lowest BCUT2D eigenvalue weighted by molar-refractivity contribution is -0.146. The molecule has 2 N–H and O–H groups in total. The molecule has 0 radical (unpaired) electrons. The van der Waals surface area contributed by atoms with E-state index in [1.54, 1.807) is 0 Å². The normalized spacial score (nSPS) is 12.7. The topological polar surface area (TPSA) is 101 Å². The Labute approximate surface area is 123 Å². The van der Waals surface area contributed by atoms with E-state index < -0.39 is 22.0 Å². The van der Waals surface area contributed by atoms with Crippen LogP contribution in [0.5, 0.6) is 0 Å². The van der Waals surface area contributed by atoms with Gasteiger partial charge in [-0.1, -0.05) is 0 Å². The quantitative estimate of drug-likeness (QED) is 0.744. The van der Waals surface area contributed by atoms with Crippen LogP contribution in [-0.2, 0) is 16.2 Å². The minimum Gasteiger partial charge on any atom is -0.367 e. The van der Waals surface area contributed by atoms with E-state index in [9.17, 15) is 21.6 Å². The van der Waals surface area contributed by atoms with Gasteiger partial charge in [-0.2, -0.15) is 17.7 Å². The van der Waals surface area contributed by atoms with Crippen molar-refractivity contribution in [1.82, 2.24) is 24.5 Å². The van der Waals surface area contributed by atoms with Crippen LogP contribution in [0.15, 0.2) is 12.1 Å². The van der Waals surface area contributed by atoms with Crippen molar-refractivity contribution in [2.45, 2.75) is 13.1 Å². The summed E-state index contributed by atoms with van der Waals surface area (Å²) in [6.07, 6.45) is -4.66. The number of fused-ring (bicyclic) bond motifs is 1. The van der Waals surface area contributed by atoms with E-state index >= 15 is 0 Å². The number of sulfonamides is 1. The zero-order valence-electron chi connectivity index (χ0n) is 11.4. The summed E-state index contributed by atoms with van der Waals surface area (Å²) in [5, 5.41) is 12.9. The SMILES string of the molecule is CCS(=O)(=O)NCCNc1ccc2nnc(C(F)(F)F)n2n1. The fraction of sp³-hybridized carbons (Fsp3) is 0.500. The van der Waals surface area contributed by atoms with Gasteiger partial charge in [0.1, 0.15) is 5.82 Å². The Balaban J connectivity index is 2.07. The highest BCUT2D eigenvalue weighted by atomic mass is 32.2. The molecule has 2 rings (SSSR count). The summed E-state index contributed by atoms with van der Waals surface area (Å²) in [5.74, 6) is -1.13. The molecule has 0 aromatic carbocycles. The maximum atomic E-state index is 12.7. The van der Waals surface area contributed by atoms with Gasteiger partial charge in [-0.3, -0.25) is 0 Å². The van der Waals surface area contributed by atoms with Crippen LogP contribution in [0.1, 0.15) is 12.7 Å². The van der Waals surface area contributed by atoms with E-state index in [1.807, 2.05) is 0 Å². The molecule has 0 saturated carbocycles. The molecule has 0 unspecified atom stereocenters. The number of hydrogen-bond acceptors (Lipinski definition) is 6. The fourth-order valence-corrected chi connectivity index (χ4v) is 2.18. The van der Waals surface area contributed by atoms with Gasteiger partial charge in [0.25, 0.3) is 5.82 Å². The second kappa shape index (κ2) is 6.04. The van der Waals surface area contributed by atoms with Gasteiger partial charge in [0, 0.05) is 13.1 Å². The number of anilines is 1. The Hall–Kier alpha value is -1.95. The summed E-state index contributed by atoms with van der Waals surface area (Å²) in [4.78, 5) is 0. The molecule has 0 saturated heterocycles. The Bertz CT molecular complexity index is 758. The van der Waals surface area contributed by atoms with Crippen LogP contribution in [-0.4, -0.2) is 47.1 Å². The third-order valence-corrected chi connectivity index (χ3v) is 4.05. The number of aromatic nitrogens is 4. The molecule has 0 atom stereocenters. The van der Waals surface area contributed by atoms with Crippen molar-refractivity contribution in [3.63, 3.8) is 0 Å². The zero-order valence-corrected chi connectivity index (χ0v) is 12.2. The van der Waals surface area contributed by atoms with E-state index in [0.717, 1.165) is 0 Å². The van der Waals surface area contributed by atoms with Gasteiger partial charge >= 0.3 is 6.18 Å². The third kappa shape index (κ3) is 3.82. The summed E-state index contributed by atoms with van der Waals surface area (Å²) in [6, 6.07) is 2.76. The third-order valence-electron chi connectivity index (χ3n) is 2.65. The van der Waals surface area contributed by atoms with Crippen LogP contribution in [0.3, 0.4) is 0 Å². The van der Waals surface area contributed by atoms with Gasteiger partial charge in [-0.05, 0) is 19.1 Å². The molecule has 0 amide bonds. The maximum Gasteiger partial charge on any atom is 0.453 e. The predicted octanol–water partition coefficient (Wildman–Crippen LogP) is 0.494. The number of rotatable bonds is 6. The van der Waals surface area contributed by atoms with Crippen LogP contribution < -0.4 is 10.0 Å². The van der Waals surface area contributed by atoms with Crippen LogP contribution in [0.25, 0.3) is 5.65 Å². The second-order valence-electron chi connectivity index (χ2n) is 4.23. The van der Waals surface area contributed by atoms with Crippen LogP contribution >= 0.6 is 0 Å². The lowest BCUT2D eigenvalue weighted by Gasteiger charge is -2.08. The molecule has 0 aliphatic carbocycles. The molecule has 0 aliphatic rings. The highest BCUT2D eigenvalue weighted by Crippen LogP contribution is 2.27. The first kappa shape index (κ1) is 16.4. The van der Waals surface area contributed by atoms with E-state index in [0.29, 0.717) is 4.52 Å². The summed E-state index contributed by atoms with van der Waals surface area (Å²) in [6.45, 7) is 1.75. The Morgan fingerprint density at radius 3 is 2.59 bits per heavy atom. The maximum absolute atomic E-state index is 12.7. The van der Waals surface area contributed by atoms with Crippen molar-refractivity contribution < 1.29 is 21.6 Å². The standard InChI is InChI=1S/C10H13F3N6O2S/c1-2-22(20,21)15-6-5-14-7-3-4-8-16-17-9(10(11,12)13)19(8)18-7/h3-4,15H,2,5-6H2,1H3,(H,14,18). The number of nitrogens with one attached hydrogen (secondary N) is 2. The van der Waals surface area contributed by atoms with Gasteiger partial charge in [0.15, 0.2) is 5.65 Å². The molecule has 8 nitrogen and oxygen atoms in total. The van der Waals surface area contributed by atoms with Crippen LogP contribution in [0.2, 0.25) is 0 Å². The molecule has 0 fully saturated rings. The molecule has 2 aromatic rings. The molecule has 2 heterocycles. The first-order chi connectivity index (χ1) is 10.2. The first-order valence-electron chi connectivity index (χ1n) is 6.24. The molecule has 122 valence electrons. The summed E-state index contributed by atoms with van der Waals surface area (Å²) in [5.41, 5.74) is -0.0374. The van der Waals surface area contributed by atoms with Crippen molar-refractivity contribution >= 4 is 21.5 Å². The largest absolute Gasteiger partial charge is 0.453 e. The Kier molecular flexibility index (Phi) is 4.51. The molecule has 22 heavy (non-hydrogen) atoms. The van der Waals surface area contributed by atoms with Crippen LogP contribution in [0, 0.1) is 0 Å². The Morgan fingerprint density at radius 1 is 1.23 bits per heavy atom. The van der Waals surface area contributed by atoms with Crippen molar-refractivity contribution in [1.29, 1.82) is 0 Å². The van der Waals surface area contributed by atoms with Gasteiger partial charge in [0.2, 0.25) is 10.0 Å². The molecule has 0 aliphatic heterocycles. The number of hydrogen-bond donors (Lipinski definition) is 2. The summed E-state index contributed by atoms with van der Waals surface area (Å²) in [7, 11) is -3.31. The zero-order chi connectivity index (χ0) is 16.4. The molecule has 0 spiro atoms. The molecular formula is C10H13F3N6O2S. The van der Waals surface area contributed by atoms with Gasteiger partial charge in [0.05, 0.1) is 5.75 Å². The predicted molar refractivity (Wildman–Crippen MR) is 71.7 cm³/mol. The fourth-order valence-electron chi connectivity index (χ4n) is 1.56. The van der Waals surface area contributed by atoms with Gasteiger partial charge in [-0.15, -0.1) is 15.3 Å². The minimum absolute atomic E-state index is 0.0374. The average molecular weight is 338 g/mol. The lowest BCUT2D eigenvalue weighted by Crippen LogP contribution is -2.30. The van der Waals surface area contributed by atoms with Gasteiger partial charge in [-0.25, -0.2) is 13.1 Å². The Morgan fingerprint density at radius 2 is 1.95 bits per heavy atom. The van der Waals surface area contributed by atoms with Crippen molar-refractivity contribution in [3.8, 4) is 0 Å². The van der Waals surface area contributed by atoms with E-state index in [-0.39, 0.29) is 30.3 Å². The highest BCUT2D eigenvalue weighted by molar-refractivity contribution is 7.89. The average Bonchev–Trinajstić information content (AvgIpc) is 2.86. The first-order valence-corrected chi connectivity index (χ1v) is 7.89. The number of nitrogens with zero attached hydrogens (tertiary/aromatic N) is 4. The molecule has 2 aromatic heterocycles. The van der Waals surface area contributed by atoms with E-state index in [1.165, 1.54) is 19.1 Å². The monoisotopic (exact) mass is 338 g/mol. The highest BCUT2D eigenvalue weighted by Gasteiger charge is 2.37.